The molecule has 3 N–H and O–H groups in total. The van der Waals surface area contributed by atoms with Crippen LogP contribution >= 0.6 is 0 Å². The van der Waals surface area contributed by atoms with Gasteiger partial charge in [0.1, 0.15) is 0 Å². The first-order valence-electron chi connectivity index (χ1n) is 3.90. The molecule has 0 aliphatic rings. The van der Waals surface area contributed by atoms with Gasteiger partial charge in [-0.15, -0.1) is 0 Å². The molecule has 5 heteroatoms. The number of hydrogen-bond donors (Lipinski definition) is 2. The molecule has 0 saturated carbocycles. The molecule has 0 atom stereocenters. The van der Waals surface area contributed by atoms with E-state index in [4.69, 9.17) is 10.8 Å². The lowest BCUT2D eigenvalue weighted by atomic mass is 10.1. The molecule has 0 bridgehead atoms. The molecule has 0 fully saturated rings. The topological polar surface area (TPSA) is 72.5 Å². The van der Waals surface area contributed by atoms with Crippen LogP contribution in [0.4, 0.5) is 4.39 Å². The van der Waals surface area contributed by atoms with Crippen LogP contribution in [0, 0.1) is 5.82 Å². The van der Waals surface area contributed by atoms with Gasteiger partial charge >= 0.3 is 0 Å². The van der Waals surface area contributed by atoms with Crippen molar-refractivity contribution >= 4 is 5.78 Å². The molecule has 0 unspecified atom stereocenters. The maximum Gasteiger partial charge on any atom is 0.206 e. The Hall–Kier alpha value is -1.62. The van der Waals surface area contributed by atoms with E-state index in [0.29, 0.717) is 0 Å². The number of rotatable bonds is 3. The molecule has 0 saturated heterocycles. The normalized spacial score (nSPS) is 9.93. The minimum absolute atomic E-state index is 0.128. The largest absolute Gasteiger partial charge is 0.505 e. The van der Waals surface area contributed by atoms with Crippen LogP contribution in [0.1, 0.15) is 10.4 Å². The van der Waals surface area contributed by atoms with Gasteiger partial charge in [0, 0.05) is 5.56 Å². The molecule has 0 radical (unpaired) electrons. The second-order valence-electron chi connectivity index (χ2n) is 2.64. The van der Waals surface area contributed by atoms with E-state index < -0.39 is 17.3 Å². The SMILES string of the molecule is COc1cc(C(=O)CN)cc(O)c1F. The Morgan fingerprint density at radius 2 is 2.29 bits per heavy atom. The van der Waals surface area contributed by atoms with Gasteiger partial charge < -0.3 is 15.6 Å². The lowest BCUT2D eigenvalue weighted by Gasteiger charge is -2.05. The molecule has 0 aliphatic heterocycles. The van der Waals surface area contributed by atoms with Crippen molar-refractivity contribution in [2.75, 3.05) is 13.7 Å². The summed E-state index contributed by atoms with van der Waals surface area (Å²) in [4.78, 5) is 11.1. The van der Waals surface area contributed by atoms with E-state index in [1.807, 2.05) is 0 Å². The number of methoxy groups -OCH3 is 1. The Morgan fingerprint density at radius 1 is 1.64 bits per heavy atom. The highest BCUT2D eigenvalue weighted by Crippen LogP contribution is 2.27. The van der Waals surface area contributed by atoms with Crippen molar-refractivity contribution in [3.05, 3.63) is 23.5 Å². The van der Waals surface area contributed by atoms with Crippen molar-refractivity contribution in [2.45, 2.75) is 0 Å². The molecule has 0 aliphatic carbocycles. The summed E-state index contributed by atoms with van der Waals surface area (Å²) in [5.74, 6) is -2.08. The molecule has 76 valence electrons. The van der Waals surface area contributed by atoms with Gasteiger partial charge in [-0.3, -0.25) is 4.79 Å². The average molecular weight is 199 g/mol. The number of carbonyl (C=O) groups excluding carboxylic acids is 1. The molecule has 1 rings (SSSR count). The van der Waals surface area contributed by atoms with E-state index in [1.165, 1.54) is 13.2 Å². The molecule has 0 spiro atoms. The zero-order valence-electron chi connectivity index (χ0n) is 7.58. The summed E-state index contributed by atoms with van der Waals surface area (Å²) in [6.45, 7) is -0.200. The predicted molar refractivity (Wildman–Crippen MR) is 48.0 cm³/mol. The lowest BCUT2D eigenvalue weighted by Crippen LogP contribution is -2.13. The number of ether oxygens (including phenoxy) is 1. The number of hydrogen-bond acceptors (Lipinski definition) is 4. The third-order valence-electron chi connectivity index (χ3n) is 1.75. The monoisotopic (exact) mass is 199 g/mol. The summed E-state index contributed by atoms with van der Waals surface area (Å²) in [6.07, 6.45) is 0. The predicted octanol–water partition coefficient (Wildman–Crippen LogP) is 0.681. The van der Waals surface area contributed by atoms with Crippen LogP contribution in [0.3, 0.4) is 0 Å². The highest BCUT2D eigenvalue weighted by Gasteiger charge is 2.13. The molecule has 0 heterocycles. The Morgan fingerprint density at radius 3 is 2.79 bits per heavy atom. The van der Waals surface area contributed by atoms with Crippen LogP contribution < -0.4 is 10.5 Å². The zero-order chi connectivity index (χ0) is 10.7. The minimum Gasteiger partial charge on any atom is -0.505 e. The Labute approximate surface area is 80.1 Å². The quantitative estimate of drug-likeness (QED) is 0.702. The fourth-order valence-corrected chi connectivity index (χ4v) is 1.01. The van der Waals surface area contributed by atoms with Crippen LogP contribution in [0.25, 0.3) is 0 Å². The van der Waals surface area contributed by atoms with Crippen molar-refractivity contribution in [3.63, 3.8) is 0 Å². The molecular weight excluding hydrogens is 189 g/mol. The average Bonchev–Trinajstić information content (AvgIpc) is 2.20. The van der Waals surface area contributed by atoms with Crippen molar-refractivity contribution in [1.29, 1.82) is 0 Å². The third kappa shape index (κ3) is 1.82. The van der Waals surface area contributed by atoms with E-state index in [9.17, 15) is 9.18 Å². The fourth-order valence-electron chi connectivity index (χ4n) is 1.01. The summed E-state index contributed by atoms with van der Waals surface area (Å²) < 4.78 is 17.7. The van der Waals surface area contributed by atoms with E-state index >= 15 is 0 Å². The van der Waals surface area contributed by atoms with Crippen LogP contribution in [0.15, 0.2) is 12.1 Å². The van der Waals surface area contributed by atoms with Crippen molar-refractivity contribution in [1.82, 2.24) is 0 Å². The summed E-state index contributed by atoms with van der Waals surface area (Å²) in [5.41, 5.74) is 5.25. The van der Waals surface area contributed by atoms with Crippen LogP contribution in [-0.2, 0) is 0 Å². The Kier molecular flexibility index (Phi) is 3.03. The number of aromatic hydroxyl groups is 1. The molecule has 0 aromatic heterocycles. The molecular formula is C9H10FNO3. The highest BCUT2D eigenvalue weighted by molar-refractivity contribution is 5.98. The number of halogens is 1. The third-order valence-corrected chi connectivity index (χ3v) is 1.75. The first-order valence-corrected chi connectivity index (χ1v) is 3.90. The number of ketones is 1. The van der Waals surface area contributed by atoms with Gasteiger partial charge in [-0.1, -0.05) is 0 Å². The standard InChI is InChI=1S/C9H10FNO3/c1-14-8-3-5(7(13)4-11)2-6(12)9(8)10/h2-3,12H,4,11H2,1H3. The molecule has 1 aromatic carbocycles. The second kappa shape index (κ2) is 4.06. The lowest BCUT2D eigenvalue weighted by molar-refractivity contribution is 0.100. The van der Waals surface area contributed by atoms with Gasteiger partial charge in [0.05, 0.1) is 13.7 Å². The van der Waals surface area contributed by atoms with E-state index in [-0.39, 0.29) is 17.9 Å². The summed E-state index contributed by atoms with van der Waals surface area (Å²) in [5, 5.41) is 9.11. The maximum absolute atomic E-state index is 13.0. The van der Waals surface area contributed by atoms with Crippen molar-refractivity contribution < 1.29 is 19.0 Å². The first-order chi connectivity index (χ1) is 6.60. The second-order valence-corrected chi connectivity index (χ2v) is 2.64. The fraction of sp³-hybridized carbons (Fsp3) is 0.222. The summed E-state index contributed by atoms with van der Waals surface area (Å²) >= 11 is 0. The number of benzene rings is 1. The van der Waals surface area contributed by atoms with Gasteiger partial charge in [-0.2, -0.15) is 4.39 Å². The molecule has 1 aromatic rings. The van der Waals surface area contributed by atoms with Gasteiger partial charge in [-0.25, -0.2) is 0 Å². The summed E-state index contributed by atoms with van der Waals surface area (Å²) in [6, 6.07) is 2.22. The molecule has 14 heavy (non-hydrogen) atoms. The number of carbonyl (C=O) groups is 1. The molecule has 0 amide bonds. The van der Waals surface area contributed by atoms with E-state index in [2.05, 4.69) is 4.74 Å². The Balaban J connectivity index is 3.22. The number of phenolic OH excluding ortho intramolecular Hbond substituents is 1. The number of nitrogens with two attached hydrogens (primary N) is 1. The van der Waals surface area contributed by atoms with Crippen LogP contribution in [-0.4, -0.2) is 24.5 Å². The number of phenols is 1. The van der Waals surface area contributed by atoms with Crippen LogP contribution in [0.5, 0.6) is 11.5 Å². The van der Waals surface area contributed by atoms with Crippen molar-refractivity contribution in [2.24, 2.45) is 5.73 Å². The van der Waals surface area contributed by atoms with Gasteiger partial charge in [0.2, 0.25) is 5.82 Å². The van der Waals surface area contributed by atoms with Crippen molar-refractivity contribution in [3.8, 4) is 11.5 Å². The maximum atomic E-state index is 13.0. The smallest absolute Gasteiger partial charge is 0.206 e. The highest BCUT2D eigenvalue weighted by atomic mass is 19.1. The van der Waals surface area contributed by atoms with E-state index in [0.717, 1.165) is 6.07 Å². The molecule has 4 nitrogen and oxygen atoms in total. The van der Waals surface area contributed by atoms with Gasteiger partial charge in [-0.05, 0) is 12.1 Å². The zero-order valence-corrected chi connectivity index (χ0v) is 7.58. The summed E-state index contributed by atoms with van der Waals surface area (Å²) in [7, 11) is 1.24. The number of Topliss-reactive ketones (excluding diaryl/α,β-unsaturated/α-hetero) is 1. The van der Waals surface area contributed by atoms with Crippen LogP contribution in [0.2, 0.25) is 0 Å². The van der Waals surface area contributed by atoms with E-state index in [1.54, 1.807) is 0 Å². The first kappa shape index (κ1) is 10.5. The van der Waals surface area contributed by atoms with Gasteiger partial charge in [0.25, 0.3) is 0 Å². The minimum atomic E-state index is -0.888. The van der Waals surface area contributed by atoms with Gasteiger partial charge in [0.15, 0.2) is 17.3 Å². The Bertz CT molecular complexity index is 365.